The zero-order valence-electron chi connectivity index (χ0n) is 18.6. The van der Waals surface area contributed by atoms with E-state index in [4.69, 9.17) is 11.5 Å². The molecule has 0 spiro atoms. The number of aromatic amines is 1. The fourth-order valence-electron chi connectivity index (χ4n) is 4.49. The van der Waals surface area contributed by atoms with E-state index in [1.54, 1.807) is 30.3 Å². The van der Waals surface area contributed by atoms with Crippen molar-refractivity contribution in [3.8, 4) is 0 Å². The van der Waals surface area contributed by atoms with Crippen molar-refractivity contribution in [2.24, 2.45) is 5.73 Å². The van der Waals surface area contributed by atoms with Crippen LogP contribution in [-0.4, -0.2) is 33.0 Å². The first-order valence-corrected chi connectivity index (χ1v) is 11.0. The maximum atomic E-state index is 13.3. The fourth-order valence-corrected chi connectivity index (χ4v) is 4.49. The Morgan fingerprint density at radius 3 is 2.46 bits per heavy atom. The zero-order chi connectivity index (χ0) is 24.5. The van der Waals surface area contributed by atoms with Gasteiger partial charge in [0.05, 0.1) is 11.0 Å². The first kappa shape index (κ1) is 22.1. The number of aliphatic hydroxyl groups is 1. The van der Waals surface area contributed by atoms with Crippen molar-refractivity contribution in [3.63, 3.8) is 0 Å². The molecule has 35 heavy (non-hydrogen) atoms. The maximum absolute atomic E-state index is 13.3. The number of anilines is 2. The number of aromatic nitrogens is 2. The minimum Gasteiger partial charge on any atom is -0.382 e. The lowest BCUT2D eigenvalue weighted by atomic mass is 9.80. The number of amides is 2. The van der Waals surface area contributed by atoms with E-state index < -0.39 is 23.8 Å². The summed E-state index contributed by atoms with van der Waals surface area (Å²) in [7, 11) is 0. The zero-order valence-corrected chi connectivity index (χ0v) is 18.6. The highest BCUT2D eigenvalue weighted by molar-refractivity contribution is 6.03. The lowest BCUT2D eigenvalue weighted by Gasteiger charge is -2.26. The monoisotopic (exact) mass is 465 g/mol. The molecule has 5 rings (SSSR count). The van der Waals surface area contributed by atoms with E-state index in [2.05, 4.69) is 15.3 Å². The van der Waals surface area contributed by atoms with Gasteiger partial charge in [-0.15, -0.1) is 0 Å². The van der Waals surface area contributed by atoms with Crippen LogP contribution in [0.5, 0.6) is 0 Å². The number of H-pyrrole nitrogens is 1. The van der Waals surface area contributed by atoms with Gasteiger partial charge in [0.2, 0.25) is 5.91 Å². The number of nitrogens with zero attached hydrogens (tertiary/aromatic N) is 1. The third-order valence-electron chi connectivity index (χ3n) is 6.06. The number of nitrogen functional groups attached to an aromatic ring is 1. The second kappa shape index (κ2) is 8.92. The van der Waals surface area contributed by atoms with Crippen molar-refractivity contribution in [1.82, 2.24) is 9.97 Å². The highest BCUT2D eigenvalue weighted by atomic mass is 16.3. The lowest BCUT2D eigenvalue weighted by Crippen LogP contribution is -2.35. The van der Waals surface area contributed by atoms with Crippen molar-refractivity contribution in [3.05, 3.63) is 102 Å². The predicted octanol–water partition coefficient (Wildman–Crippen LogP) is 3.53. The van der Waals surface area contributed by atoms with Gasteiger partial charge in [0, 0.05) is 17.2 Å². The van der Waals surface area contributed by atoms with E-state index in [-0.39, 0.29) is 11.5 Å². The molecule has 8 nitrogen and oxygen atoms in total. The van der Waals surface area contributed by atoms with Crippen molar-refractivity contribution in [1.29, 1.82) is 0 Å². The molecule has 0 aliphatic heterocycles. The highest BCUT2D eigenvalue weighted by Gasteiger charge is 2.33. The predicted molar refractivity (Wildman–Crippen MR) is 136 cm³/mol. The molecule has 2 amide bonds. The Morgan fingerprint density at radius 1 is 0.943 bits per heavy atom. The van der Waals surface area contributed by atoms with Gasteiger partial charge in [0.25, 0.3) is 5.91 Å². The Hall–Kier alpha value is -4.69. The third kappa shape index (κ3) is 4.18. The van der Waals surface area contributed by atoms with E-state index >= 15 is 0 Å². The topological polar surface area (TPSA) is 147 Å². The highest BCUT2D eigenvalue weighted by Crippen LogP contribution is 2.36. The summed E-state index contributed by atoms with van der Waals surface area (Å²) in [5.41, 5.74) is 14.6. The number of primary amides is 1. The Kier molecular flexibility index (Phi) is 5.64. The van der Waals surface area contributed by atoms with Crippen LogP contribution in [0.4, 0.5) is 11.6 Å². The van der Waals surface area contributed by atoms with Crippen molar-refractivity contribution in [2.45, 2.75) is 12.0 Å². The normalized spacial score (nSPS) is 12.9. The first-order valence-electron chi connectivity index (χ1n) is 11.0. The number of nitrogens with one attached hydrogen (secondary N) is 2. The molecule has 174 valence electrons. The number of fused-ring (bicyclic) bond motifs is 2. The molecule has 0 radical (unpaired) electrons. The molecule has 5 aromatic rings. The Morgan fingerprint density at radius 2 is 1.69 bits per heavy atom. The molecular formula is C27H23N5O3. The smallest absolute Gasteiger partial charge is 0.254 e. The van der Waals surface area contributed by atoms with Crippen LogP contribution in [0, 0.1) is 0 Å². The van der Waals surface area contributed by atoms with Crippen LogP contribution in [0.2, 0.25) is 0 Å². The van der Waals surface area contributed by atoms with Gasteiger partial charge < -0.3 is 26.9 Å². The van der Waals surface area contributed by atoms with Crippen molar-refractivity contribution in [2.75, 3.05) is 11.1 Å². The summed E-state index contributed by atoms with van der Waals surface area (Å²) in [5, 5.41) is 15.8. The largest absolute Gasteiger partial charge is 0.382 e. The fraction of sp³-hybridized carbons (Fsp3) is 0.0741. The standard InChI is InChI=1S/C27H23N5O3/c28-25(34)19-12-10-15-6-4-5-9-18(15)23(19)22(16-7-2-1-3-8-16)24(33)26(35)30-17-11-13-20-21(14-17)32-27(29)31-20/h1-14,22,24,33H,(H2,28,34)(H,30,35)(H3,29,31,32). The lowest BCUT2D eigenvalue weighted by molar-refractivity contribution is -0.124. The molecule has 4 aromatic carbocycles. The summed E-state index contributed by atoms with van der Waals surface area (Å²) < 4.78 is 0. The number of imidazole rings is 1. The summed E-state index contributed by atoms with van der Waals surface area (Å²) in [6.45, 7) is 0. The van der Waals surface area contributed by atoms with E-state index in [1.807, 2.05) is 54.6 Å². The van der Waals surface area contributed by atoms with E-state index in [0.29, 0.717) is 27.8 Å². The average Bonchev–Trinajstić information content (AvgIpc) is 3.24. The minimum atomic E-state index is -1.52. The van der Waals surface area contributed by atoms with Gasteiger partial charge in [0.1, 0.15) is 6.10 Å². The second-order valence-electron chi connectivity index (χ2n) is 8.29. The molecule has 0 bridgehead atoms. The third-order valence-corrected chi connectivity index (χ3v) is 6.06. The number of hydrogen-bond donors (Lipinski definition) is 5. The first-order chi connectivity index (χ1) is 16.9. The number of aliphatic hydroxyl groups excluding tert-OH is 1. The summed E-state index contributed by atoms with van der Waals surface area (Å²) in [6.07, 6.45) is -1.52. The molecule has 0 aliphatic rings. The quantitative estimate of drug-likeness (QED) is 0.260. The van der Waals surface area contributed by atoms with Crippen LogP contribution >= 0.6 is 0 Å². The van der Waals surface area contributed by atoms with Crippen LogP contribution in [0.15, 0.2) is 84.9 Å². The Bertz CT molecular complexity index is 1560. The molecule has 0 fully saturated rings. The molecule has 8 heteroatoms. The number of benzene rings is 4. The van der Waals surface area contributed by atoms with Gasteiger partial charge in [-0.2, -0.15) is 0 Å². The van der Waals surface area contributed by atoms with Gasteiger partial charge in [0.15, 0.2) is 5.95 Å². The molecule has 0 saturated heterocycles. The summed E-state index contributed by atoms with van der Waals surface area (Å²) in [5.74, 6) is -1.85. The van der Waals surface area contributed by atoms with Gasteiger partial charge in [-0.05, 0) is 46.2 Å². The van der Waals surface area contributed by atoms with Crippen molar-refractivity contribution >= 4 is 45.3 Å². The Balaban J connectivity index is 1.60. The average molecular weight is 466 g/mol. The minimum absolute atomic E-state index is 0.249. The van der Waals surface area contributed by atoms with E-state index in [1.165, 1.54) is 0 Å². The molecular weight excluding hydrogens is 442 g/mol. The SMILES string of the molecule is NC(=O)c1ccc2ccccc2c1C(c1ccccc1)C(O)C(=O)Nc1ccc2nc(N)[nH]c2c1. The second-order valence-corrected chi connectivity index (χ2v) is 8.29. The van der Waals surface area contributed by atoms with Gasteiger partial charge >= 0.3 is 0 Å². The van der Waals surface area contributed by atoms with Gasteiger partial charge in [-0.25, -0.2) is 4.98 Å². The van der Waals surface area contributed by atoms with Crippen LogP contribution in [0.25, 0.3) is 21.8 Å². The number of carbonyl (C=O) groups is 2. The molecule has 0 aliphatic carbocycles. The number of carbonyl (C=O) groups excluding carboxylic acids is 2. The van der Waals surface area contributed by atoms with E-state index in [0.717, 1.165) is 10.8 Å². The number of rotatable bonds is 6. The van der Waals surface area contributed by atoms with Crippen molar-refractivity contribution < 1.29 is 14.7 Å². The van der Waals surface area contributed by atoms with E-state index in [9.17, 15) is 14.7 Å². The van der Waals surface area contributed by atoms with Gasteiger partial charge in [-0.3, -0.25) is 9.59 Å². The van der Waals surface area contributed by atoms with Gasteiger partial charge in [-0.1, -0.05) is 60.7 Å². The molecule has 2 atom stereocenters. The summed E-state index contributed by atoms with van der Waals surface area (Å²) in [6, 6.07) is 25.1. The number of hydrogen-bond acceptors (Lipinski definition) is 5. The molecule has 1 heterocycles. The molecule has 2 unspecified atom stereocenters. The Labute approximate surface area is 200 Å². The van der Waals surface area contributed by atoms with Crippen LogP contribution in [0.3, 0.4) is 0 Å². The summed E-state index contributed by atoms with van der Waals surface area (Å²) in [4.78, 5) is 32.8. The molecule has 7 N–H and O–H groups in total. The van der Waals surface area contributed by atoms with Crippen LogP contribution in [-0.2, 0) is 4.79 Å². The number of nitrogens with two attached hydrogens (primary N) is 2. The summed E-state index contributed by atoms with van der Waals surface area (Å²) >= 11 is 0. The molecule has 0 saturated carbocycles. The van der Waals surface area contributed by atoms with Crippen LogP contribution < -0.4 is 16.8 Å². The molecule has 1 aromatic heterocycles. The maximum Gasteiger partial charge on any atom is 0.254 e. The van der Waals surface area contributed by atoms with Crippen LogP contribution in [0.1, 0.15) is 27.4 Å².